The van der Waals surface area contributed by atoms with Crippen LogP contribution in [0.3, 0.4) is 0 Å². The van der Waals surface area contributed by atoms with Crippen LogP contribution in [-0.2, 0) is 18.1 Å². The van der Waals surface area contributed by atoms with Crippen molar-refractivity contribution in [2.24, 2.45) is 7.05 Å². The molecule has 0 saturated carbocycles. The van der Waals surface area contributed by atoms with Gasteiger partial charge in [-0.1, -0.05) is 20.8 Å². The second kappa shape index (κ2) is 4.70. The quantitative estimate of drug-likeness (QED) is 0.611. The summed E-state index contributed by atoms with van der Waals surface area (Å²) in [5.74, 6) is 0.901. The average Bonchev–Trinajstić information content (AvgIpc) is 2.54. The minimum atomic E-state index is -1.78. The molecular formula is C11H21N3O2Si. The molecule has 0 radical (unpaired) electrons. The number of rotatable bonds is 4. The second-order valence-electron chi connectivity index (χ2n) is 5.68. The summed E-state index contributed by atoms with van der Waals surface area (Å²) in [4.78, 5) is 14.7. The maximum Gasteiger partial charge on any atom is 0.192 e. The summed E-state index contributed by atoms with van der Waals surface area (Å²) < 4.78 is 7.45. The van der Waals surface area contributed by atoms with E-state index in [0.29, 0.717) is 24.5 Å². The minimum Gasteiger partial charge on any atom is -0.409 e. The molecule has 1 heterocycles. The van der Waals surface area contributed by atoms with Crippen LogP contribution in [0.15, 0.2) is 0 Å². The summed E-state index contributed by atoms with van der Waals surface area (Å²) in [6, 6.07) is 0. The first-order valence-corrected chi connectivity index (χ1v) is 8.57. The Bertz CT molecular complexity index is 407. The van der Waals surface area contributed by atoms with Crippen molar-refractivity contribution >= 4 is 14.6 Å². The molecule has 1 rings (SSSR count). The fourth-order valence-corrected chi connectivity index (χ4v) is 2.00. The Morgan fingerprint density at radius 1 is 1.41 bits per heavy atom. The van der Waals surface area contributed by atoms with Crippen molar-refractivity contribution in [3.63, 3.8) is 0 Å². The van der Waals surface area contributed by atoms with Crippen LogP contribution in [-0.4, -0.2) is 29.4 Å². The van der Waals surface area contributed by atoms with Crippen LogP contribution in [0.5, 0.6) is 0 Å². The third-order valence-corrected chi connectivity index (χ3v) is 7.79. The lowest BCUT2D eigenvalue weighted by atomic mass is 10.2. The maximum atomic E-state index is 10.6. The van der Waals surface area contributed by atoms with Gasteiger partial charge in [-0.2, -0.15) is 5.10 Å². The van der Waals surface area contributed by atoms with Gasteiger partial charge in [0.1, 0.15) is 0 Å². The molecule has 0 fully saturated rings. The summed E-state index contributed by atoms with van der Waals surface area (Å²) in [6.07, 6.45) is 0.697. The van der Waals surface area contributed by atoms with Gasteiger partial charge in [0.05, 0.1) is 6.61 Å². The number of hydrogen-bond donors (Lipinski definition) is 0. The van der Waals surface area contributed by atoms with E-state index in [9.17, 15) is 4.79 Å². The lowest BCUT2D eigenvalue weighted by Gasteiger charge is -2.35. The molecule has 6 heteroatoms. The number of nitrogens with zero attached hydrogens (tertiary/aromatic N) is 3. The Morgan fingerprint density at radius 3 is 2.41 bits per heavy atom. The van der Waals surface area contributed by atoms with E-state index in [4.69, 9.17) is 4.43 Å². The molecule has 0 amide bonds. The highest BCUT2D eigenvalue weighted by molar-refractivity contribution is 6.74. The molecule has 1 aromatic rings. The van der Waals surface area contributed by atoms with Crippen molar-refractivity contribution in [1.82, 2.24) is 14.8 Å². The van der Waals surface area contributed by atoms with E-state index in [1.165, 1.54) is 4.68 Å². The fourth-order valence-electron chi connectivity index (χ4n) is 1.08. The highest BCUT2D eigenvalue weighted by Gasteiger charge is 2.37. The van der Waals surface area contributed by atoms with Gasteiger partial charge in [0.2, 0.25) is 0 Å². The van der Waals surface area contributed by atoms with Crippen LogP contribution in [0, 0.1) is 0 Å². The zero-order chi connectivity index (χ0) is 13.3. The highest BCUT2D eigenvalue weighted by Crippen LogP contribution is 2.36. The topological polar surface area (TPSA) is 57.0 Å². The van der Waals surface area contributed by atoms with Gasteiger partial charge in [0, 0.05) is 7.05 Å². The zero-order valence-corrected chi connectivity index (χ0v) is 12.4. The van der Waals surface area contributed by atoms with Crippen molar-refractivity contribution in [3.05, 3.63) is 11.6 Å². The molecular weight excluding hydrogens is 234 g/mol. The van der Waals surface area contributed by atoms with Gasteiger partial charge < -0.3 is 4.43 Å². The molecule has 17 heavy (non-hydrogen) atoms. The Kier molecular flexibility index (Phi) is 3.88. The molecule has 0 saturated heterocycles. The number of hydrogen-bond acceptors (Lipinski definition) is 4. The SMILES string of the molecule is Cn1nc(CO[Si](C)(C)C(C)(C)C)nc1C=O. The normalized spacial score (nSPS) is 12.8. The summed E-state index contributed by atoms with van der Waals surface area (Å²) in [7, 11) is -0.0826. The van der Waals surface area contributed by atoms with Crippen LogP contribution in [0.2, 0.25) is 18.1 Å². The van der Waals surface area contributed by atoms with Crippen LogP contribution >= 0.6 is 0 Å². The molecule has 0 aliphatic carbocycles. The molecule has 0 bridgehead atoms. The first-order chi connectivity index (χ1) is 7.67. The van der Waals surface area contributed by atoms with E-state index < -0.39 is 8.32 Å². The second-order valence-corrected chi connectivity index (χ2v) is 10.5. The first-order valence-electron chi connectivity index (χ1n) is 5.66. The standard InChI is InChI=1S/C11H21N3O2Si/c1-11(2,3)17(5,6)16-8-9-12-10(7-15)14(4)13-9/h7H,8H2,1-6H3. The lowest BCUT2D eigenvalue weighted by molar-refractivity contribution is 0.111. The number of carbonyl (C=O) groups excluding carboxylic acids is 1. The summed E-state index contributed by atoms with van der Waals surface area (Å²) in [5.41, 5.74) is 0. The minimum absolute atomic E-state index is 0.162. The van der Waals surface area contributed by atoms with Gasteiger partial charge in [-0.05, 0) is 18.1 Å². The monoisotopic (exact) mass is 255 g/mol. The van der Waals surface area contributed by atoms with Crippen LogP contribution < -0.4 is 0 Å². The van der Waals surface area contributed by atoms with Gasteiger partial charge in [-0.3, -0.25) is 4.79 Å². The highest BCUT2D eigenvalue weighted by atomic mass is 28.4. The van der Waals surface area contributed by atoms with Crippen molar-refractivity contribution in [2.45, 2.75) is 45.5 Å². The molecule has 0 aliphatic rings. The molecule has 0 unspecified atom stereocenters. The molecule has 0 aromatic carbocycles. The smallest absolute Gasteiger partial charge is 0.192 e. The molecule has 0 aliphatic heterocycles. The molecule has 0 spiro atoms. The predicted octanol–water partition coefficient (Wildman–Crippen LogP) is 2.15. The Labute approximate surface area is 103 Å². The fraction of sp³-hybridized carbons (Fsp3) is 0.727. The Morgan fingerprint density at radius 2 is 2.00 bits per heavy atom. The van der Waals surface area contributed by atoms with Crippen LogP contribution in [0.4, 0.5) is 0 Å². The van der Waals surface area contributed by atoms with Crippen molar-refractivity contribution in [3.8, 4) is 0 Å². The van der Waals surface area contributed by atoms with Crippen molar-refractivity contribution in [2.75, 3.05) is 0 Å². The number of aldehydes is 1. The third kappa shape index (κ3) is 3.23. The average molecular weight is 255 g/mol. The number of carbonyl (C=O) groups is 1. The Hall–Kier alpha value is -1.01. The molecule has 1 aromatic heterocycles. The summed E-state index contributed by atoms with van der Waals surface area (Å²) in [5, 5.41) is 4.30. The molecule has 5 nitrogen and oxygen atoms in total. The number of aryl methyl sites for hydroxylation is 1. The molecule has 0 atom stereocenters. The van der Waals surface area contributed by atoms with Gasteiger partial charge in [0.15, 0.2) is 26.3 Å². The summed E-state index contributed by atoms with van der Waals surface area (Å²) >= 11 is 0. The molecule has 96 valence electrons. The third-order valence-electron chi connectivity index (χ3n) is 3.31. The van der Waals surface area contributed by atoms with E-state index in [0.717, 1.165) is 0 Å². The van der Waals surface area contributed by atoms with E-state index in [-0.39, 0.29) is 5.04 Å². The predicted molar refractivity (Wildman–Crippen MR) is 68.4 cm³/mol. The molecule has 0 N–H and O–H groups in total. The lowest BCUT2D eigenvalue weighted by Crippen LogP contribution is -2.40. The van der Waals surface area contributed by atoms with Crippen LogP contribution in [0.1, 0.15) is 37.2 Å². The Balaban J connectivity index is 2.70. The van der Waals surface area contributed by atoms with Gasteiger partial charge in [0.25, 0.3) is 0 Å². The first kappa shape index (κ1) is 14.0. The van der Waals surface area contributed by atoms with Crippen LogP contribution in [0.25, 0.3) is 0 Å². The van der Waals surface area contributed by atoms with E-state index in [1.807, 2.05) is 0 Å². The zero-order valence-electron chi connectivity index (χ0n) is 11.4. The number of aromatic nitrogens is 3. The van der Waals surface area contributed by atoms with Gasteiger partial charge in [-0.15, -0.1) is 0 Å². The van der Waals surface area contributed by atoms with Gasteiger partial charge >= 0.3 is 0 Å². The van der Waals surface area contributed by atoms with E-state index in [2.05, 4.69) is 43.9 Å². The van der Waals surface area contributed by atoms with Crippen molar-refractivity contribution in [1.29, 1.82) is 0 Å². The largest absolute Gasteiger partial charge is 0.409 e. The van der Waals surface area contributed by atoms with Gasteiger partial charge in [-0.25, -0.2) is 9.67 Å². The maximum absolute atomic E-state index is 10.6. The van der Waals surface area contributed by atoms with E-state index in [1.54, 1.807) is 7.05 Å². The van der Waals surface area contributed by atoms with Crippen molar-refractivity contribution < 1.29 is 9.22 Å². The summed E-state index contributed by atoms with van der Waals surface area (Å²) in [6.45, 7) is 11.3. The van der Waals surface area contributed by atoms with E-state index >= 15 is 0 Å².